The predicted octanol–water partition coefficient (Wildman–Crippen LogP) is 1.29. The lowest BCUT2D eigenvalue weighted by Gasteiger charge is -2.15. The van der Waals surface area contributed by atoms with Gasteiger partial charge in [-0.2, -0.15) is 0 Å². The summed E-state index contributed by atoms with van der Waals surface area (Å²) in [5, 5.41) is 3.25. The van der Waals surface area contributed by atoms with Crippen molar-refractivity contribution in [3.63, 3.8) is 0 Å². The molecular formula is C16H16ClN5O3. The van der Waals surface area contributed by atoms with Gasteiger partial charge in [0.1, 0.15) is 6.04 Å². The molecule has 0 saturated carbocycles. The maximum atomic E-state index is 12.5. The highest BCUT2D eigenvalue weighted by Crippen LogP contribution is 2.18. The molecule has 130 valence electrons. The molecule has 0 aliphatic heterocycles. The zero-order valence-corrected chi connectivity index (χ0v) is 14.6. The summed E-state index contributed by atoms with van der Waals surface area (Å²) in [6.45, 7) is 1.64. The molecule has 2 heterocycles. The zero-order chi connectivity index (χ0) is 18.3. The van der Waals surface area contributed by atoms with E-state index in [9.17, 15) is 14.4 Å². The number of nitrogens with one attached hydrogen (secondary N) is 1. The maximum absolute atomic E-state index is 12.5. The molecule has 0 radical (unpaired) electrons. The van der Waals surface area contributed by atoms with Crippen LogP contribution in [0.25, 0.3) is 11.2 Å². The number of hydrogen-bond acceptors (Lipinski definition) is 4. The molecular weight excluding hydrogens is 346 g/mol. The molecule has 1 amide bonds. The Balaban J connectivity index is 2.03. The number of carbonyl (C=O) groups is 1. The first-order chi connectivity index (χ1) is 11.8. The number of imidazole rings is 1. The van der Waals surface area contributed by atoms with Gasteiger partial charge >= 0.3 is 5.69 Å². The van der Waals surface area contributed by atoms with Gasteiger partial charge in [-0.1, -0.05) is 17.7 Å². The molecule has 0 spiro atoms. The number of aryl methyl sites for hydroxylation is 1. The van der Waals surface area contributed by atoms with Crippen molar-refractivity contribution in [3.8, 4) is 0 Å². The molecule has 0 fully saturated rings. The Morgan fingerprint density at radius 3 is 2.64 bits per heavy atom. The van der Waals surface area contributed by atoms with E-state index in [0.717, 1.165) is 4.57 Å². The van der Waals surface area contributed by atoms with Crippen LogP contribution >= 0.6 is 11.6 Å². The first kappa shape index (κ1) is 17.0. The number of hydrogen-bond donors (Lipinski definition) is 1. The fraction of sp³-hybridized carbons (Fsp3) is 0.250. The first-order valence-corrected chi connectivity index (χ1v) is 7.88. The molecule has 1 N–H and O–H groups in total. The van der Waals surface area contributed by atoms with E-state index in [2.05, 4.69) is 10.3 Å². The van der Waals surface area contributed by atoms with Gasteiger partial charge < -0.3 is 9.88 Å². The van der Waals surface area contributed by atoms with Crippen molar-refractivity contribution in [2.75, 3.05) is 5.32 Å². The van der Waals surface area contributed by atoms with Crippen LogP contribution in [0.4, 0.5) is 5.69 Å². The van der Waals surface area contributed by atoms with Crippen LogP contribution in [-0.4, -0.2) is 24.6 Å². The normalized spacial score (nSPS) is 12.3. The van der Waals surface area contributed by atoms with Gasteiger partial charge in [0.05, 0.1) is 6.33 Å². The van der Waals surface area contributed by atoms with E-state index in [0.29, 0.717) is 10.7 Å². The SMILES string of the molecule is C[C@@H](C(=O)Nc1cccc(Cl)c1)n1cnc2c1c(=O)n(C)c(=O)n2C. The van der Waals surface area contributed by atoms with E-state index in [1.54, 1.807) is 31.2 Å². The molecule has 0 bridgehead atoms. The fourth-order valence-electron chi connectivity index (χ4n) is 2.60. The zero-order valence-electron chi connectivity index (χ0n) is 13.9. The molecule has 3 rings (SSSR count). The van der Waals surface area contributed by atoms with Crippen LogP contribution in [0.5, 0.6) is 0 Å². The third-order valence-corrected chi connectivity index (χ3v) is 4.30. The molecule has 3 aromatic rings. The molecule has 2 aromatic heterocycles. The first-order valence-electron chi connectivity index (χ1n) is 7.50. The van der Waals surface area contributed by atoms with Gasteiger partial charge in [0.2, 0.25) is 5.91 Å². The van der Waals surface area contributed by atoms with Crippen LogP contribution in [0.1, 0.15) is 13.0 Å². The molecule has 0 saturated heterocycles. The summed E-state index contributed by atoms with van der Waals surface area (Å²) in [5.41, 5.74) is -0.000268. The minimum atomic E-state index is -0.714. The third kappa shape index (κ3) is 2.85. The van der Waals surface area contributed by atoms with Crippen molar-refractivity contribution < 1.29 is 4.79 Å². The highest BCUT2D eigenvalue weighted by Gasteiger charge is 2.21. The van der Waals surface area contributed by atoms with Gasteiger partial charge in [-0.3, -0.25) is 18.7 Å². The van der Waals surface area contributed by atoms with Gasteiger partial charge in [-0.05, 0) is 25.1 Å². The minimum absolute atomic E-state index is 0.193. The molecule has 0 unspecified atom stereocenters. The number of halogens is 1. The standard InChI is InChI=1S/C16H16ClN5O3/c1-9(14(23)19-11-6-4-5-10(17)7-11)22-8-18-13-12(22)15(24)21(3)16(25)20(13)2/h4-9H,1-3H3,(H,19,23)/t9-/m0/s1. The van der Waals surface area contributed by atoms with Crippen molar-refractivity contribution in [2.45, 2.75) is 13.0 Å². The van der Waals surface area contributed by atoms with Gasteiger partial charge in [-0.15, -0.1) is 0 Å². The smallest absolute Gasteiger partial charge is 0.324 e. The summed E-state index contributed by atoms with van der Waals surface area (Å²) < 4.78 is 3.72. The molecule has 1 atom stereocenters. The van der Waals surface area contributed by atoms with Crippen molar-refractivity contribution in [3.05, 3.63) is 56.5 Å². The highest BCUT2D eigenvalue weighted by molar-refractivity contribution is 6.30. The summed E-state index contributed by atoms with van der Waals surface area (Å²) in [6.07, 6.45) is 1.38. The number of anilines is 1. The number of rotatable bonds is 3. The number of aromatic nitrogens is 4. The number of nitrogens with zero attached hydrogens (tertiary/aromatic N) is 4. The Hall–Kier alpha value is -2.87. The molecule has 0 aliphatic rings. The molecule has 1 aromatic carbocycles. The monoisotopic (exact) mass is 361 g/mol. The molecule has 8 nitrogen and oxygen atoms in total. The van der Waals surface area contributed by atoms with Crippen LogP contribution in [0.3, 0.4) is 0 Å². The number of carbonyl (C=O) groups excluding carboxylic acids is 1. The number of amides is 1. The molecule has 25 heavy (non-hydrogen) atoms. The molecule has 0 aliphatic carbocycles. The molecule has 9 heteroatoms. The van der Waals surface area contributed by atoms with E-state index < -0.39 is 17.3 Å². The van der Waals surface area contributed by atoms with Crippen molar-refractivity contribution in [1.82, 2.24) is 18.7 Å². The summed E-state index contributed by atoms with van der Waals surface area (Å²) >= 11 is 5.91. The lowest BCUT2D eigenvalue weighted by atomic mass is 10.2. The second kappa shape index (κ2) is 6.21. The Morgan fingerprint density at radius 1 is 1.24 bits per heavy atom. The topological polar surface area (TPSA) is 90.9 Å². The van der Waals surface area contributed by atoms with Crippen LogP contribution in [-0.2, 0) is 18.9 Å². The lowest BCUT2D eigenvalue weighted by Crippen LogP contribution is -2.38. The van der Waals surface area contributed by atoms with E-state index in [4.69, 9.17) is 11.6 Å². The maximum Gasteiger partial charge on any atom is 0.332 e. The Bertz CT molecular complexity index is 1100. The van der Waals surface area contributed by atoms with Gasteiger partial charge in [-0.25, -0.2) is 9.78 Å². The average molecular weight is 362 g/mol. The second-order valence-electron chi connectivity index (χ2n) is 5.71. The van der Waals surface area contributed by atoms with Gasteiger partial charge in [0, 0.05) is 24.8 Å². The minimum Gasteiger partial charge on any atom is -0.324 e. The Kier molecular flexibility index (Phi) is 4.22. The van der Waals surface area contributed by atoms with Crippen LogP contribution in [0.2, 0.25) is 5.02 Å². The number of benzene rings is 1. The number of fused-ring (bicyclic) bond motifs is 1. The van der Waals surface area contributed by atoms with Gasteiger partial charge in [0.15, 0.2) is 11.2 Å². The van der Waals surface area contributed by atoms with E-state index >= 15 is 0 Å². The van der Waals surface area contributed by atoms with Gasteiger partial charge in [0.25, 0.3) is 5.56 Å². The van der Waals surface area contributed by atoms with E-state index in [1.165, 1.54) is 29.6 Å². The van der Waals surface area contributed by atoms with Crippen molar-refractivity contribution in [1.29, 1.82) is 0 Å². The van der Waals surface area contributed by atoms with E-state index in [-0.39, 0.29) is 17.1 Å². The fourth-order valence-corrected chi connectivity index (χ4v) is 2.79. The largest absolute Gasteiger partial charge is 0.332 e. The van der Waals surface area contributed by atoms with E-state index in [1.807, 2.05) is 0 Å². The lowest BCUT2D eigenvalue weighted by molar-refractivity contribution is -0.118. The summed E-state index contributed by atoms with van der Waals surface area (Å²) in [7, 11) is 2.91. The Labute approximate surface area is 147 Å². The highest BCUT2D eigenvalue weighted by atomic mass is 35.5. The predicted molar refractivity (Wildman–Crippen MR) is 95.0 cm³/mol. The van der Waals surface area contributed by atoms with Crippen molar-refractivity contribution in [2.24, 2.45) is 14.1 Å². The Morgan fingerprint density at radius 2 is 1.96 bits per heavy atom. The summed E-state index contributed by atoms with van der Waals surface area (Å²) in [4.78, 5) is 41.1. The van der Waals surface area contributed by atoms with Crippen LogP contribution in [0, 0.1) is 0 Å². The van der Waals surface area contributed by atoms with Crippen LogP contribution < -0.4 is 16.6 Å². The van der Waals surface area contributed by atoms with Crippen molar-refractivity contribution >= 4 is 34.4 Å². The quantitative estimate of drug-likeness (QED) is 0.761. The van der Waals surface area contributed by atoms with Crippen LogP contribution in [0.15, 0.2) is 40.2 Å². The summed E-state index contributed by atoms with van der Waals surface area (Å²) in [5.74, 6) is -0.336. The second-order valence-corrected chi connectivity index (χ2v) is 6.14. The average Bonchev–Trinajstić information content (AvgIpc) is 3.02. The summed E-state index contributed by atoms with van der Waals surface area (Å²) in [6, 6.07) is 6.05. The third-order valence-electron chi connectivity index (χ3n) is 4.06.